The van der Waals surface area contributed by atoms with Crippen molar-refractivity contribution in [2.45, 2.75) is 25.0 Å². The van der Waals surface area contributed by atoms with E-state index in [9.17, 15) is 9.18 Å². The second-order valence-electron chi connectivity index (χ2n) is 7.91. The summed E-state index contributed by atoms with van der Waals surface area (Å²) in [5, 5.41) is 9.25. The van der Waals surface area contributed by atoms with Crippen LogP contribution in [0.3, 0.4) is 0 Å². The van der Waals surface area contributed by atoms with Gasteiger partial charge < -0.3 is 14.5 Å². The molecule has 0 N–H and O–H groups in total. The minimum Gasteiger partial charge on any atom is -0.378 e. The molecular weight excluding hydrogens is 441 g/mol. The Balaban J connectivity index is 1.48. The van der Waals surface area contributed by atoms with Crippen molar-refractivity contribution < 1.29 is 13.9 Å². The number of rotatable bonds is 8. The van der Waals surface area contributed by atoms with Gasteiger partial charge in [-0.2, -0.15) is 0 Å². The van der Waals surface area contributed by atoms with Crippen LogP contribution in [0.15, 0.2) is 53.7 Å². The highest BCUT2D eigenvalue weighted by molar-refractivity contribution is 7.99. The van der Waals surface area contributed by atoms with Crippen LogP contribution in [0, 0.1) is 5.82 Å². The lowest BCUT2D eigenvalue weighted by Crippen LogP contribution is -2.37. The van der Waals surface area contributed by atoms with Crippen LogP contribution >= 0.6 is 11.8 Å². The number of thioether (sulfide) groups is 1. The highest BCUT2D eigenvalue weighted by Gasteiger charge is 2.23. The van der Waals surface area contributed by atoms with Gasteiger partial charge in [-0.25, -0.2) is 4.39 Å². The van der Waals surface area contributed by atoms with Crippen LogP contribution in [0.4, 0.5) is 10.3 Å². The summed E-state index contributed by atoms with van der Waals surface area (Å²) < 4.78 is 21.2. The van der Waals surface area contributed by atoms with Crippen LogP contribution in [-0.2, 0) is 22.5 Å². The molecule has 1 fully saturated rings. The standard InChI is InChI=1S/C24H28FN5O2S/c1-3-18-7-9-19(10-8-18)16-28(2)22(31)17-33-24-27-26-23(29-11-13-32-14-12-29)30(24)21-6-4-5-20(25)15-21/h4-10,15H,3,11-14,16-17H2,1-2H3. The SMILES string of the molecule is CCc1ccc(CN(C)C(=O)CSc2nnc(N3CCOCC3)n2-c2cccc(F)c2)cc1. The van der Waals surface area contributed by atoms with Gasteiger partial charge in [0.05, 0.1) is 24.7 Å². The Hall–Kier alpha value is -2.91. The maximum atomic E-state index is 14.0. The normalized spacial score (nSPS) is 13.8. The number of morpholine rings is 1. The number of carbonyl (C=O) groups is 1. The Labute approximate surface area is 197 Å². The van der Waals surface area contributed by atoms with E-state index in [2.05, 4.69) is 46.3 Å². The second-order valence-corrected chi connectivity index (χ2v) is 8.85. The van der Waals surface area contributed by atoms with Crippen molar-refractivity contribution in [2.24, 2.45) is 0 Å². The Bertz CT molecular complexity index is 1080. The Morgan fingerprint density at radius 2 is 1.85 bits per heavy atom. The molecule has 9 heteroatoms. The predicted molar refractivity (Wildman–Crippen MR) is 127 cm³/mol. The van der Waals surface area contributed by atoms with Gasteiger partial charge in [-0.3, -0.25) is 9.36 Å². The van der Waals surface area contributed by atoms with Gasteiger partial charge >= 0.3 is 0 Å². The maximum Gasteiger partial charge on any atom is 0.233 e. The average molecular weight is 470 g/mol. The Kier molecular flexibility index (Phi) is 7.61. The van der Waals surface area contributed by atoms with Crippen molar-refractivity contribution in [3.8, 4) is 5.69 Å². The Morgan fingerprint density at radius 3 is 2.55 bits per heavy atom. The van der Waals surface area contributed by atoms with Crippen LogP contribution in [0.5, 0.6) is 0 Å². The molecule has 0 radical (unpaired) electrons. The number of hydrogen-bond donors (Lipinski definition) is 0. The van der Waals surface area contributed by atoms with E-state index < -0.39 is 0 Å². The topological polar surface area (TPSA) is 63.5 Å². The molecule has 0 unspecified atom stereocenters. The first-order chi connectivity index (χ1) is 16.0. The fourth-order valence-corrected chi connectivity index (χ4v) is 4.53. The minimum atomic E-state index is -0.338. The molecule has 0 aliphatic carbocycles. The molecule has 7 nitrogen and oxygen atoms in total. The van der Waals surface area contributed by atoms with Gasteiger partial charge in [-0.15, -0.1) is 10.2 Å². The van der Waals surface area contributed by atoms with Crippen LogP contribution in [-0.4, -0.2) is 64.7 Å². The molecule has 1 aliphatic heterocycles. The number of carbonyl (C=O) groups excluding carboxylic acids is 1. The van der Waals surface area contributed by atoms with Crippen molar-refractivity contribution >= 4 is 23.6 Å². The van der Waals surface area contributed by atoms with Crippen molar-refractivity contribution in [1.82, 2.24) is 19.7 Å². The molecule has 174 valence electrons. The molecular formula is C24H28FN5O2S. The molecule has 0 saturated carbocycles. The third-order valence-corrected chi connectivity index (χ3v) is 6.49. The van der Waals surface area contributed by atoms with Gasteiger partial charge in [-0.1, -0.05) is 49.0 Å². The predicted octanol–water partition coefficient (Wildman–Crippen LogP) is 3.56. The van der Waals surface area contributed by atoms with Crippen LogP contribution in [0.1, 0.15) is 18.1 Å². The molecule has 3 aromatic rings. The van der Waals surface area contributed by atoms with Crippen LogP contribution in [0.2, 0.25) is 0 Å². The lowest BCUT2D eigenvalue weighted by atomic mass is 10.1. The first-order valence-corrected chi connectivity index (χ1v) is 12.0. The van der Waals surface area contributed by atoms with E-state index in [4.69, 9.17) is 4.74 Å². The lowest BCUT2D eigenvalue weighted by molar-refractivity contribution is -0.127. The first-order valence-electron chi connectivity index (χ1n) is 11.0. The first kappa shape index (κ1) is 23.3. The summed E-state index contributed by atoms with van der Waals surface area (Å²) in [6.45, 7) is 5.21. The van der Waals surface area contributed by atoms with E-state index in [0.717, 1.165) is 12.0 Å². The van der Waals surface area contributed by atoms with Gasteiger partial charge in [-0.05, 0) is 35.7 Å². The van der Waals surface area contributed by atoms with Gasteiger partial charge in [0.15, 0.2) is 5.16 Å². The molecule has 0 atom stereocenters. The number of aromatic nitrogens is 3. The number of aryl methyl sites for hydroxylation is 1. The van der Waals surface area contributed by atoms with E-state index in [0.29, 0.717) is 49.6 Å². The van der Waals surface area contributed by atoms with Crippen molar-refractivity contribution in [3.05, 3.63) is 65.5 Å². The summed E-state index contributed by atoms with van der Waals surface area (Å²) >= 11 is 1.30. The number of nitrogens with zero attached hydrogens (tertiary/aromatic N) is 5. The zero-order chi connectivity index (χ0) is 23.2. The number of anilines is 1. The zero-order valence-electron chi connectivity index (χ0n) is 18.9. The minimum absolute atomic E-state index is 0.0127. The van der Waals surface area contributed by atoms with E-state index in [1.807, 2.05) is 10.6 Å². The van der Waals surface area contributed by atoms with E-state index in [-0.39, 0.29) is 17.5 Å². The maximum absolute atomic E-state index is 14.0. The Morgan fingerprint density at radius 1 is 1.12 bits per heavy atom. The number of benzene rings is 2. The molecule has 0 bridgehead atoms. The summed E-state index contributed by atoms with van der Waals surface area (Å²) in [5.74, 6) is 0.486. The lowest BCUT2D eigenvalue weighted by Gasteiger charge is -2.28. The van der Waals surface area contributed by atoms with Gasteiger partial charge in [0.25, 0.3) is 0 Å². The molecule has 1 aromatic heterocycles. The molecule has 4 rings (SSSR count). The second kappa shape index (κ2) is 10.8. The van der Waals surface area contributed by atoms with Crippen LogP contribution < -0.4 is 4.90 Å². The van der Waals surface area contributed by atoms with Crippen molar-refractivity contribution in [2.75, 3.05) is 44.0 Å². The van der Waals surface area contributed by atoms with Crippen molar-refractivity contribution in [3.63, 3.8) is 0 Å². The highest BCUT2D eigenvalue weighted by Crippen LogP contribution is 2.28. The number of hydrogen-bond acceptors (Lipinski definition) is 6. The van der Waals surface area contributed by atoms with E-state index in [1.54, 1.807) is 18.0 Å². The summed E-state index contributed by atoms with van der Waals surface area (Å²) in [5.41, 5.74) is 2.99. The molecule has 2 aromatic carbocycles. The molecule has 1 aliphatic rings. The number of amides is 1. The zero-order valence-corrected chi connectivity index (χ0v) is 19.7. The van der Waals surface area contributed by atoms with Gasteiger partial charge in [0.1, 0.15) is 5.82 Å². The fourth-order valence-electron chi connectivity index (χ4n) is 3.64. The molecule has 1 amide bonds. The average Bonchev–Trinajstić information content (AvgIpc) is 3.27. The van der Waals surface area contributed by atoms with Crippen LogP contribution in [0.25, 0.3) is 5.69 Å². The monoisotopic (exact) mass is 469 g/mol. The van der Waals surface area contributed by atoms with Gasteiger partial charge in [0, 0.05) is 26.7 Å². The van der Waals surface area contributed by atoms with Gasteiger partial charge in [0.2, 0.25) is 11.9 Å². The number of halogens is 1. The smallest absolute Gasteiger partial charge is 0.233 e. The third-order valence-electron chi connectivity index (χ3n) is 5.58. The third kappa shape index (κ3) is 5.72. The fraction of sp³-hybridized carbons (Fsp3) is 0.375. The van der Waals surface area contributed by atoms with Crippen molar-refractivity contribution in [1.29, 1.82) is 0 Å². The number of ether oxygens (including phenoxy) is 1. The quantitative estimate of drug-likeness (QED) is 0.470. The highest BCUT2D eigenvalue weighted by atomic mass is 32.2. The molecule has 1 saturated heterocycles. The van der Waals surface area contributed by atoms with E-state index >= 15 is 0 Å². The summed E-state index contributed by atoms with van der Waals surface area (Å²) in [6.07, 6.45) is 0.990. The summed E-state index contributed by atoms with van der Waals surface area (Å²) in [4.78, 5) is 16.6. The summed E-state index contributed by atoms with van der Waals surface area (Å²) in [6, 6.07) is 14.6. The summed E-state index contributed by atoms with van der Waals surface area (Å²) in [7, 11) is 1.80. The molecule has 33 heavy (non-hydrogen) atoms. The van der Waals surface area contributed by atoms with E-state index in [1.165, 1.54) is 29.5 Å². The molecule has 2 heterocycles. The molecule has 0 spiro atoms. The largest absolute Gasteiger partial charge is 0.378 e.